The van der Waals surface area contributed by atoms with Gasteiger partial charge in [-0.3, -0.25) is 0 Å². The second kappa shape index (κ2) is 15.7. The molecule has 0 aliphatic carbocycles. The molecule has 0 saturated carbocycles. The molecule has 1 aliphatic rings. The predicted octanol–water partition coefficient (Wildman–Crippen LogP) is 6.77. The van der Waals surface area contributed by atoms with E-state index in [0.717, 1.165) is 56.2 Å². The number of ether oxygens (including phenoxy) is 4. The first-order chi connectivity index (χ1) is 15.1. The van der Waals surface area contributed by atoms with Crippen LogP contribution in [-0.2, 0) is 23.4 Å². The van der Waals surface area contributed by atoms with Gasteiger partial charge in [0.05, 0.1) is 12.7 Å². The Balaban J connectivity index is 3.17. The Hall–Kier alpha value is 0.747. The number of hydrogen-bond donors (Lipinski definition) is 0. The van der Waals surface area contributed by atoms with Crippen LogP contribution in [0.5, 0.6) is 0 Å². The lowest BCUT2D eigenvalue weighted by atomic mass is 9.95. The largest absolute Gasteiger partial charge is 0.408 e. The Kier molecular flexibility index (Phi) is 15.1. The topological polar surface area (TPSA) is 46.2 Å². The molecule has 0 aromatic rings. The standard InChI is InChI=1S/C25H51IO5Si/c1-9-12-15-27-19-21-22(28-16-13-10-2)24(29-17-14-11-3)23(20(18-26)30-21)31-32(7,8)25(4,5)6/h20-24H,9-19H2,1-8H3/t20-,21?,22-,23?,24?/m1/s1. The summed E-state index contributed by atoms with van der Waals surface area (Å²) in [5, 5.41) is 0.121. The highest BCUT2D eigenvalue weighted by Gasteiger charge is 2.51. The third-order valence-corrected chi connectivity index (χ3v) is 12.0. The molecule has 5 atom stereocenters. The summed E-state index contributed by atoms with van der Waals surface area (Å²) in [7, 11) is -2.02. The van der Waals surface area contributed by atoms with Gasteiger partial charge in [-0.05, 0) is 37.4 Å². The van der Waals surface area contributed by atoms with Gasteiger partial charge in [0.25, 0.3) is 0 Å². The summed E-state index contributed by atoms with van der Waals surface area (Å²) >= 11 is 2.43. The Morgan fingerprint density at radius 1 is 0.781 bits per heavy atom. The first-order valence-corrected chi connectivity index (χ1v) is 17.3. The summed E-state index contributed by atoms with van der Waals surface area (Å²) in [5.74, 6) is 0. The lowest BCUT2D eigenvalue weighted by Gasteiger charge is -2.50. The molecular formula is C25H51IO5Si. The summed E-state index contributed by atoms with van der Waals surface area (Å²) in [6.07, 6.45) is 5.89. The molecule has 0 N–H and O–H groups in total. The molecule has 3 unspecified atom stereocenters. The highest BCUT2D eigenvalue weighted by molar-refractivity contribution is 14.1. The zero-order valence-corrected chi connectivity index (χ0v) is 25.2. The average molecular weight is 587 g/mol. The fourth-order valence-electron chi connectivity index (χ4n) is 3.47. The molecule has 1 rings (SSSR count). The zero-order valence-electron chi connectivity index (χ0n) is 22.1. The maximum absolute atomic E-state index is 6.98. The van der Waals surface area contributed by atoms with Gasteiger partial charge in [-0.1, -0.05) is 83.4 Å². The fraction of sp³-hybridized carbons (Fsp3) is 1.00. The highest BCUT2D eigenvalue weighted by atomic mass is 127. The summed E-state index contributed by atoms with van der Waals surface area (Å²) in [4.78, 5) is 0. The summed E-state index contributed by atoms with van der Waals surface area (Å²) in [6, 6.07) is 0. The molecule has 1 fully saturated rings. The number of halogens is 1. The van der Waals surface area contributed by atoms with Crippen molar-refractivity contribution in [2.75, 3.05) is 30.9 Å². The van der Waals surface area contributed by atoms with E-state index in [1.165, 1.54) is 0 Å². The van der Waals surface area contributed by atoms with Crippen LogP contribution in [0.2, 0.25) is 18.1 Å². The molecular weight excluding hydrogens is 535 g/mol. The molecule has 1 aliphatic heterocycles. The normalized spacial score (nSPS) is 27.1. The van der Waals surface area contributed by atoms with Gasteiger partial charge in [-0.2, -0.15) is 0 Å². The molecule has 0 aromatic carbocycles. The minimum Gasteiger partial charge on any atom is -0.408 e. The minimum atomic E-state index is -2.02. The monoisotopic (exact) mass is 586 g/mol. The van der Waals surface area contributed by atoms with E-state index in [1.54, 1.807) is 0 Å². The maximum Gasteiger partial charge on any atom is 0.192 e. The van der Waals surface area contributed by atoms with Gasteiger partial charge in [0.2, 0.25) is 0 Å². The molecule has 192 valence electrons. The molecule has 32 heavy (non-hydrogen) atoms. The molecule has 7 heteroatoms. The zero-order chi connectivity index (χ0) is 24.2. The lowest BCUT2D eigenvalue weighted by Crippen LogP contribution is -2.64. The van der Waals surface area contributed by atoms with E-state index in [2.05, 4.69) is 77.2 Å². The van der Waals surface area contributed by atoms with Crippen LogP contribution in [0.15, 0.2) is 0 Å². The van der Waals surface area contributed by atoms with E-state index >= 15 is 0 Å². The minimum absolute atomic E-state index is 0.0258. The second-order valence-electron chi connectivity index (χ2n) is 10.5. The van der Waals surface area contributed by atoms with Crippen LogP contribution >= 0.6 is 22.6 Å². The number of hydrogen-bond acceptors (Lipinski definition) is 5. The van der Waals surface area contributed by atoms with Gasteiger partial charge < -0.3 is 23.4 Å². The summed E-state index contributed by atoms with van der Waals surface area (Å²) in [5.41, 5.74) is 0. The predicted molar refractivity (Wildman–Crippen MR) is 145 cm³/mol. The van der Waals surface area contributed by atoms with Gasteiger partial charge in [0.1, 0.15) is 24.4 Å². The Morgan fingerprint density at radius 2 is 1.31 bits per heavy atom. The fourth-order valence-corrected chi connectivity index (χ4v) is 5.50. The van der Waals surface area contributed by atoms with Crippen molar-refractivity contribution in [2.45, 2.75) is 129 Å². The molecule has 0 aromatic heterocycles. The number of alkyl halides is 1. The number of unbranched alkanes of at least 4 members (excludes halogenated alkanes) is 3. The van der Waals surface area contributed by atoms with Crippen molar-refractivity contribution >= 4 is 30.9 Å². The molecule has 0 amide bonds. The Bertz CT molecular complexity index is 485. The molecule has 0 spiro atoms. The van der Waals surface area contributed by atoms with Crippen LogP contribution in [0.3, 0.4) is 0 Å². The van der Waals surface area contributed by atoms with Crippen molar-refractivity contribution in [3.05, 3.63) is 0 Å². The summed E-state index contributed by atoms with van der Waals surface area (Å²) < 4.78 is 33.5. The van der Waals surface area contributed by atoms with Crippen LogP contribution in [0.25, 0.3) is 0 Å². The van der Waals surface area contributed by atoms with E-state index in [1.807, 2.05) is 0 Å². The van der Waals surface area contributed by atoms with Crippen molar-refractivity contribution in [1.29, 1.82) is 0 Å². The first-order valence-electron chi connectivity index (χ1n) is 12.8. The SMILES string of the molecule is CCCCOCC1O[C@H](CI)C(O[Si](C)(C)C(C)(C)C)C(OCCCC)[C@@H]1OCCCC. The van der Waals surface area contributed by atoms with E-state index in [0.29, 0.717) is 13.2 Å². The van der Waals surface area contributed by atoms with Crippen LogP contribution < -0.4 is 0 Å². The number of rotatable bonds is 16. The van der Waals surface area contributed by atoms with Gasteiger partial charge in [0.15, 0.2) is 8.32 Å². The molecule has 0 bridgehead atoms. The highest BCUT2D eigenvalue weighted by Crippen LogP contribution is 2.40. The van der Waals surface area contributed by atoms with Crippen LogP contribution in [0.1, 0.15) is 80.1 Å². The van der Waals surface area contributed by atoms with Crippen molar-refractivity contribution in [3.8, 4) is 0 Å². The van der Waals surface area contributed by atoms with E-state index in [-0.39, 0.29) is 35.6 Å². The van der Waals surface area contributed by atoms with Crippen molar-refractivity contribution < 1.29 is 23.4 Å². The Labute approximate surface area is 213 Å². The molecule has 0 radical (unpaired) electrons. The average Bonchev–Trinajstić information content (AvgIpc) is 2.73. The van der Waals surface area contributed by atoms with Gasteiger partial charge in [0, 0.05) is 24.2 Å². The lowest BCUT2D eigenvalue weighted by molar-refractivity contribution is -0.247. The van der Waals surface area contributed by atoms with E-state index < -0.39 is 8.32 Å². The van der Waals surface area contributed by atoms with Gasteiger partial charge in [-0.15, -0.1) is 0 Å². The van der Waals surface area contributed by atoms with Gasteiger partial charge in [-0.25, -0.2) is 0 Å². The van der Waals surface area contributed by atoms with Crippen molar-refractivity contribution in [3.63, 3.8) is 0 Å². The van der Waals surface area contributed by atoms with Crippen molar-refractivity contribution in [2.24, 2.45) is 0 Å². The maximum atomic E-state index is 6.98. The second-order valence-corrected chi connectivity index (χ2v) is 16.2. The molecule has 1 saturated heterocycles. The smallest absolute Gasteiger partial charge is 0.192 e. The quantitative estimate of drug-likeness (QED) is 0.0865. The van der Waals surface area contributed by atoms with Gasteiger partial charge >= 0.3 is 0 Å². The van der Waals surface area contributed by atoms with Crippen molar-refractivity contribution in [1.82, 2.24) is 0 Å². The van der Waals surface area contributed by atoms with E-state index in [4.69, 9.17) is 23.4 Å². The van der Waals surface area contributed by atoms with Crippen LogP contribution in [0, 0.1) is 0 Å². The van der Waals surface area contributed by atoms with Crippen LogP contribution in [-0.4, -0.2) is 69.7 Å². The molecule has 1 heterocycles. The third kappa shape index (κ3) is 9.78. The summed E-state index contributed by atoms with van der Waals surface area (Å²) in [6.45, 7) is 20.8. The first kappa shape index (κ1) is 30.8. The molecule has 5 nitrogen and oxygen atoms in total. The Morgan fingerprint density at radius 3 is 1.81 bits per heavy atom. The van der Waals surface area contributed by atoms with Crippen LogP contribution in [0.4, 0.5) is 0 Å². The third-order valence-electron chi connectivity index (χ3n) is 6.66. The van der Waals surface area contributed by atoms with E-state index in [9.17, 15) is 0 Å².